The lowest BCUT2D eigenvalue weighted by atomic mass is 9.81. The van der Waals surface area contributed by atoms with Crippen LogP contribution in [0.15, 0.2) is 48.1 Å². The minimum absolute atomic E-state index is 0.0319. The van der Waals surface area contributed by atoms with Crippen molar-refractivity contribution in [3.8, 4) is 0 Å². The maximum atomic E-state index is 10.4. The fraction of sp³-hybridized carbons (Fsp3) is 0.600. The van der Waals surface area contributed by atoms with E-state index in [4.69, 9.17) is 0 Å². The Kier molecular flexibility index (Phi) is 9.28. The van der Waals surface area contributed by atoms with Gasteiger partial charge in [-0.2, -0.15) is 0 Å². The third-order valence-electron chi connectivity index (χ3n) is 4.33. The fourth-order valence-corrected chi connectivity index (χ4v) is 2.44. The molecule has 0 saturated heterocycles. The van der Waals surface area contributed by atoms with Gasteiger partial charge >= 0.3 is 0 Å². The van der Waals surface area contributed by atoms with Gasteiger partial charge in [0.15, 0.2) is 0 Å². The molecular weight excluding hydrogens is 256 g/mol. The predicted octanol–water partition coefficient (Wildman–Crippen LogP) is 5.98. The Labute approximate surface area is 132 Å². The highest BCUT2D eigenvalue weighted by molar-refractivity contribution is 5.15. The number of aliphatic hydroxyl groups is 1. The second-order valence-corrected chi connectivity index (χ2v) is 6.22. The van der Waals surface area contributed by atoms with Gasteiger partial charge in [0.2, 0.25) is 0 Å². The molecule has 0 aliphatic carbocycles. The first-order chi connectivity index (χ1) is 9.78. The maximum Gasteiger partial charge on any atom is 0.0864 e. The van der Waals surface area contributed by atoms with Crippen molar-refractivity contribution in [2.75, 3.05) is 0 Å². The molecule has 0 radical (unpaired) electrons. The molecule has 0 aromatic carbocycles. The average Bonchev–Trinajstić information content (AvgIpc) is 2.44. The Morgan fingerprint density at radius 2 is 1.81 bits per heavy atom. The van der Waals surface area contributed by atoms with Gasteiger partial charge in [0.25, 0.3) is 0 Å². The zero-order valence-electron chi connectivity index (χ0n) is 14.7. The van der Waals surface area contributed by atoms with E-state index in [0.29, 0.717) is 0 Å². The molecule has 1 nitrogen and oxygen atoms in total. The molecule has 0 aromatic heterocycles. The summed E-state index contributed by atoms with van der Waals surface area (Å²) in [6.45, 7) is 18.1. The normalized spacial score (nSPS) is 17.2. The summed E-state index contributed by atoms with van der Waals surface area (Å²) < 4.78 is 0. The molecule has 0 amide bonds. The van der Waals surface area contributed by atoms with Crippen LogP contribution >= 0.6 is 0 Å². The lowest BCUT2D eigenvalue weighted by Gasteiger charge is -2.30. The van der Waals surface area contributed by atoms with E-state index in [2.05, 4.69) is 46.1 Å². The Morgan fingerprint density at radius 1 is 1.19 bits per heavy atom. The maximum absolute atomic E-state index is 10.4. The number of hydrogen-bond acceptors (Lipinski definition) is 1. The minimum Gasteiger partial charge on any atom is -0.385 e. The minimum atomic E-state index is -0.889. The Hall–Kier alpha value is -1.08. The van der Waals surface area contributed by atoms with Crippen molar-refractivity contribution in [1.29, 1.82) is 0 Å². The van der Waals surface area contributed by atoms with E-state index in [-0.39, 0.29) is 5.92 Å². The fourth-order valence-electron chi connectivity index (χ4n) is 2.44. The molecule has 0 aliphatic heterocycles. The SMILES string of the molecule is C=CC(C)(O)C(CC=C(CC)CCC=C(C)CC)C(=C)C. The van der Waals surface area contributed by atoms with Crippen LogP contribution in [0.3, 0.4) is 0 Å². The largest absolute Gasteiger partial charge is 0.385 e. The van der Waals surface area contributed by atoms with Gasteiger partial charge < -0.3 is 5.11 Å². The third-order valence-corrected chi connectivity index (χ3v) is 4.33. The number of allylic oxidation sites excluding steroid dienone is 4. The summed E-state index contributed by atoms with van der Waals surface area (Å²) >= 11 is 0. The van der Waals surface area contributed by atoms with E-state index < -0.39 is 5.60 Å². The molecule has 0 aromatic rings. The number of rotatable bonds is 10. The van der Waals surface area contributed by atoms with Gasteiger partial charge in [-0.25, -0.2) is 0 Å². The quantitative estimate of drug-likeness (QED) is 0.491. The molecule has 0 heterocycles. The highest BCUT2D eigenvalue weighted by Crippen LogP contribution is 2.29. The van der Waals surface area contributed by atoms with Crippen LogP contribution in [0.25, 0.3) is 0 Å². The van der Waals surface area contributed by atoms with Gasteiger partial charge in [0.05, 0.1) is 5.60 Å². The molecule has 0 spiro atoms. The van der Waals surface area contributed by atoms with Crippen LogP contribution in [0.4, 0.5) is 0 Å². The molecule has 0 bridgehead atoms. The molecule has 0 saturated carbocycles. The third kappa shape index (κ3) is 7.47. The Bertz CT molecular complexity index is 396. The van der Waals surface area contributed by atoms with Crippen LogP contribution in [0.1, 0.15) is 66.7 Å². The predicted molar refractivity (Wildman–Crippen MR) is 95.4 cm³/mol. The number of hydrogen-bond donors (Lipinski definition) is 1. The van der Waals surface area contributed by atoms with E-state index in [1.54, 1.807) is 6.08 Å². The molecule has 120 valence electrons. The van der Waals surface area contributed by atoms with Crippen molar-refractivity contribution < 1.29 is 5.11 Å². The molecule has 2 atom stereocenters. The van der Waals surface area contributed by atoms with Gasteiger partial charge in [0, 0.05) is 5.92 Å². The van der Waals surface area contributed by atoms with E-state index >= 15 is 0 Å². The summed E-state index contributed by atoms with van der Waals surface area (Å²) in [6, 6.07) is 0. The van der Waals surface area contributed by atoms with Crippen LogP contribution in [0.2, 0.25) is 0 Å². The van der Waals surface area contributed by atoms with Gasteiger partial charge in [-0.05, 0) is 52.9 Å². The van der Waals surface area contributed by atoms with Crippen LogP contribution in [-0.4, -0.2) is 10.7 Å². The lowest BCUT2D eigenvalue weighted by Crippen LogP contribution is -2.32. The van der Waals surface area contributed by atoms with Crippen molar-refractivity contribution in [2.24, 2.45) is 5.92 Å². The Morgan fingerprint density at radius 3 is 2.24 bits per heavy atom. The molecule has 0 fully saturated rings. The second-order valence-electron chi connectivity index (χ2n) is 6.22. The van der Waals surface area contributed by atoms with Crippen molar-refractivity contribution in [3.63, 3.8) is 0 Å². The summed E-state index contributed by atoms with van der Waals surface area (Å²) in [7, 11) is 0. The highest BCUT2D eigenvalue weighted by Gasteiger charge is 2.28. The van der Waals surface area contributed by atoms with Crippen molar-refractivity contribution >= 4 is 0 Å². The topological polar surface area (TPSA) is 20.2 Å². The molecule has 0 rings (SSSR count). The van der Waals surface area contributed by atoms with Crippen molar-refractivity contribution in [2.45, 2.75) is 72.3 Å². The van der Waals surface area contributed by atoms with Gasteiger partial charge in [-0.15, -0.1) is 6.58 Å². The first-order valence-electron chi connectivity index (χ1n) is 8.13. The zero-order chi connectivity index (χ0) is 16.5. The smallest absolute Gasteiger partial charge is 0.0864 e. The summed E-state index contributed by atoms with van der Waals surface area (Å²) in [6.07, 6.45) is 11.5. The first kappa shape index (κ1) is 19.9. The summed E-state index contributed by atoms with van der Waals surface area (Å²) in [5.41, 5.74) is 3.04. The molecule has 1 heteroatoms. The van der Waals surface area contributed by atoms with Gasteiger partial charge in [-0.3, -0.25) is 0 Å². The highest BCUT2D eigenvalue weighted by atomic mass is 16.3. The Balaban J connectivity index is 4.77. The van der Waals surface area contributed by atoms with Crippen LogP contribution in [0.5, 0.6) is 0 Å². The molecule has 21 heavy (non-hydrogen) atoms. The van der Waals surface area contributed by atoms with E-state index in [1.807, 2.05) is 13.8 Å². The monoisotopic (exact) mass is 290 g/mol. The molecule has 1 N–H and O–H groups in total. The second kappa shape index (κ2) is 9.78. The summed E-state index contributed by atoms with van der Waals surface area (Å²) in [4.78, 5) is 0. The van der Waals surface area contributed by atoms with Crippen LogP contribution < -0.4 is 0 Å². The van der Waals surface area contributed by atoms with E-state index in [1.165, 1.54) is 11.1 Å². The van der Waals surface area contributed by atoms with Crippen LogP contribution in [0, 0.1) is 5.92 Å². The van der Waals surface area contributed by atoms with Crippen LogP contribution in [-0.2, 0) is 0 Å². The van der Waals surface area contributed by atoms with Crippen molar-refractivity contribution in [1.82, 2.24) is 0 Å². The average molecular weight is 290 g/mol. The summed E-state index contributed by atoms with van der Waals surface area (Å²) in [5.74, 6) is 0.0319. The lowest BCUT2D eigenvalue weighted by molar-refractivity contribution is 0.0637. The van der Waals surface area contributed by atoms with E-state index in [9.17, 15) is 5.11 Å². The van der Waals surface area contributed by atoms with Crippen molar-refractivity contribution in [3.05, 3.63) is 48.1 Å². The van der Waals surface area contributed by atoms with E-state index in [0.717, 1.165) is 37.7 Å². The molecular formula is C20H34O. The standard InChI is InChI=1S/C20H34O/c1-8-17(6)12-11-13-18(9-2)14-15-19(16(4)5)20(7,21)10-3/h10,12,14,19,21H,3-4,8-9,11,13,15H2,1-2,5-7H3. The summed E-state index contributed by atoms with van der Waals surface area (Å²) in [5, 5.41) is 10.4. The molecule has 0 aliphatic rings. The first-order valence-corrected chi connectivity index (χ1v) is 8.13. The van der Waals surface area contributed by atoms with Gasteiger partial charge in [-0.1, -0.05) is 55.4 Å². The zero-order valence-corrected chi connectivity index (χ0v) is 14.7. The molecule has 2 unspecified atom stereocenters. The van der Waals surface area contributed by atoms with Gasteiger partial charge in [0.1, 0.15) is 0 Å².